The molecular formula is C31H26ClFN8O3. The van der Waals surface area contributed by atoms with Gasteiger partial charge in [-0.3, -0.25) is 14.6 Å². The van der Waals surface area contributed by atoms with E-state index in [1.807, 2.05) is 13.0 Å². The van der Waals surface area contributed by atoms with Crippen LogP contribution in [0.5, 0.6) is 0 Å². The van der Waals surface area contributed by atoms with Crippen LogP contribution in [0.25, 0.3) is 28.3 Å². The third-order valence-electron chi connectivity index (χ3n) is 7.69. The van der Waals surface area contributed by atoms with Gasteiger partial charge in [0.15, 0.2) is 17.4 Å². The molecule has 11 nitrogen and oxygen atoms in total. The van der Waals surface area contributed by atoms with Crippen LogP contribution in [-0.4, -0.2) is 35.7 Å². The molecule has 0 saturated carbocycles. The number of carbonyl (C=O) groups excluding carboxylic acids is 1. The third-order valence-corrected chi connectivity index (χ3v) is 7.93. The van der Waals surface area contributed by atoms with Crippen molar-refractivity contribution in [3.05, 3.63) is 93.4 Å². The number of anilines is 1. The summed E-state index contributed by atoms with van der Waals surface area (Å²) < 4.78 is 23.3. The zero-order chi connectivity index (χ0) is 31.0. The molecule has 222 valence electrons. The van der Waals surface area contributed by atoms with Crippen LogP contribution >= 0.6 is 11.6 Å². The molecule has 0 spiro atoms. The van der Waals surface area contributed by atoms with Gasteiger partial charge in [-0.25, -0.2) is 13.8 Å². The van der Waals surface area contributed by atoms with E-state index in [1.165, 1.54) is 41.0 Å². The number of hydrogen-bond acceptors (Lipinski definition) is 8. The summed E-state index contributed by atoms with van der Waals surface area (Å²) in [5.74, 6) is -0.751. The lowest BCUT2D eigenvalue weighted by atomic mass is 9.88. The largest absolute Gasteiger partial charge is 0.464 e. The number of rotatable bonds is 4. The maximum absolute atomic E-state index is 14.6. The van der Waals surface area contributed by atoms with Gasteiger partial charge in [-0.2, -0.15) is 10.4 Å². The van der Waals surface area contributed by atoms with Gasteiger partial charge in [-0.15, -0.1) is 5.10 Å². The van der Waals surface area contributed by atoms with E-state index < -0.39 is 12.2 Å². The average molecular weight is 613 g/mol. The average Bonchev–Trinajstić information content (AvgIpc) is 3.67. The van der Waals surface area contributed by atoms with Crippen LogP contribution in [0.4, 0.5) is 10.1 Å². The van der Waals surface area contributed by atoms with Gasteiger partial charge in [0.05, 0.1) is 35.7 Å². The van der Waals surface area contributed by atoms with Crippen molar-refractivity contribution >= 4 is 23.2 Å². The third kappa shape index (κ3) is 5.49. The highest BCUT2D eigenvalue weighted by atomic mass is 35.5. The van der Waals surface area contributed by atoms with Gasteiger partial charge in [-0.1, -0.05) is 30.2 Å². The van der Waals surface area contributed by atoms with E-state index in [4.69, 9.17) is 16.0 Å². The Balaban J connectivity index is 1.44. The van der Waals surface area contributed by atoms with Gasteiger partial charge in [0, 0.05) is 51.5 Å². The molecule has 0 aliphatic carbocycles. The summed E-state index contributed by atoms with van der Waals surface area (Å²) >= 11 is 6.30. The molecule has 13 heteroatoms. The molecule has 2 bridgehead atoms. The molecule has 5 heterocycles. The summed E-state index contributed by atoms with van der Waals surface area (Å²) in [6.45, 7) is 3.19. The van der Waals surface area contributed by atoms with Crippen LogP contribution < -0.4 is 10.7 Å². The number of nitrogens with zero attached hydrogens (tertiary/aromatic N) is 7. The van der Waals surface area contributed by atoms with Crippen molar-refractivity contribution in [1.82, 2.24) is 29.8 Å². The summed E-state index contributed by atoms with van der Waals surface area (Å²) in [5.41, 5.74) is 3.23. The molecule has 1 amide bonds. The summed E-state index contributed by atoms with van der Waals surface area (Å²) in [6.07, 6.45) is 6.18. The van der Waals surface area contributed by atoms with Crippen molar-refractivity contribution in [3.63, 3.8) is 0 Å². The summed E-state index contributed by atoms with van der Waals surface area (Å²) in [7, 11) is 0. The van der Waals surface area contributed by atoms with Gasteiger partial charge >= 0.3 is 0 Å². The lowest BCUT2D eigenvalue weighted by Gasteiger charge is -2.20. The maximum Gasteiger partial charge on any atom is 0.227 e. The number of benzene rings is 1. The molecule has 44 heavy (non-hydrogen) atoms. The van der Waals surface area contributed by atoms with E-state index in [0.717, 1.165) is 0 Å². The van der Waals surface area contributed by atoms with Crippen molar-refractivity contribution in [1.29, 1.82) is 5.26 Å². The normalized spacial score (nSPS) is 17.5. The number of halogens is 2. The van der Waals surface area contributed by atoms with Gasteiger partial charge < -0.3 is 9.73 Å². The number of nitrogens with one attached hydrogen (secondary N) is 1. The fourth-order valence-electron chi connectivity index (χ4n) is 5.43. The smallest absolute Gasteiger partial charge is 0.227 e. The topological polar surface area (TPSA) is 145 Å². The number of pyridine rings is 1. The molecular weight excluding hydrogens is 587 g/mol. The van der Waals surface area contributed by atoms with E-state index in [9.17, 15) is 19.2 Å². The first-order chi connectivity index (χ1) is 21.2. The van der Waals surface area contributed by atoms with Gasteiger partial charge in [0.25, 0.3) is 0 Å². The molecule has 1 aliphatic heterocycles. The molecule has 1 aliphatic rings. The fraction of sp³-hybridized carbons (Fsp3) is 0.258. The van der Waals surface area contributed by atoms with Crippen LogP contribution in [0.15, 0.2) is 70.5 Å². The first-order valence-electron chi connectivity index (χ1n) is 14.0. The van der Waals surface area contributed by atoms with Gasteiger partial charge in [0.1, 0.15) is 11.8 Å². The highest BCUT2D eigenvalue weighted by molar-refractivity contribution is 6.31. The predicted molar refractivity (Wildman–Crippen MR) is 160 cm³/mol. The van der Waals surface area contributed by atoms with E-state index in [-0.39, 0.29) is 28.7 Å². The van der Waals surface area contributed by atoms with Crippen LogP contribution in [0, 0.1) is 17.2 Å². The van der Waals surface area contributed by atoms with Crippen LogP contribution in [0.1, 0.15) is 62.3 Å². The van der Waals surface area contributed by atoms with Crippen LogP contribution in [0.3, 0.4) is 0 Å². The quantitative estimate of drug-likeness (QED) is 0.258. The standard InChI is InChI=1S/C31H26ClFN8O3/c1-17-4-3-5-22(25-10-19(8-9-35-25)30-26(37-31(17)43)14-36-41(30)18(2)33)24-16-44-29(12-28(24)42)23-11-20(32)6-7-27(23)40-15-21(13-34)38-39-40/h6-12,14-18,22H,3-5H2,1-2H3,(H,37,43). The number of amides is 1. The maximum atomic E-state index is 14.6. The summed E-state index contributed by atoms with van der Waals surface area (Å²) in [6, 6.07) is 11.8. The monoisotopic (exact) mass is 612 g/mol. The fourth-order valence-corrected chi connectivity index (χ4v) is 5.60. The Kier molecular flexibility index (Phi) is 7.80. The molecule has 4 aromatic heterocycles. The molecule has 6 rings (SSSR count). The molecule has 3 atom stereocenters. The second-order valence-electron chi connectivity index (χ2n) is 10.7. The van der Waals surface area contributed by atoms with Crippen molar-refractivity contribution in [2.75, 3.05) is 5.32 Å². The first-order valence-corrected chi connectivity index (χ1v) is 14.4. The molecule has 1 N–H and O–H groups in total. The van der Waals surface area contributed by atoms with Crippen molar-refractivity contribution < 1.29 is 13.6 Å². The lowest BCUT2D eigenvalue weighted by Crippen LogP contribution is -2.22. The highest BCUT2D eigenvalue weighted by Gasteiger charge is 2.26. The first kappa shape index (κ1) is 28.9. The Morgan fingerprint density at radius 1 is 1.20 bits per heavy atom. The van der Waals surface area contributed by atoms with Gasteiger partial charge in [-0.05, 0) is 50.1 Å². The van der Waals surface area contributed by atoms with Crippen molar-refractivity contribution in [2.24, 2.45) is 5.92 Å². The summed E-state index contributed by atoms with van der Waals surface area (Å²) in [5, 5.41) is 24.5. The summed E-state index contributed by atoms with van der Waals surface area (Å²) in [4.78, 5) is 31.4. The minimum atomic E-state index is -1.45. The second-order valence-corrected chi connectivity index (χ2v) is 11.1. The molecule has 0 fully saturated rings. The number of fused-ring (bicyclic) bond motifs is 4. The number of aromatic nitrogens is 6. The van der Waals surface area contributed by atoms with E-state index in [2.05, 4.69) is 25.7 Å². The minimum Gasteiger partial charge on any atom is -0.464 e. The predicted octanol–water partition coefficient (Wildman–Crippen LogP) is 6.05. The SMILES string of the molecule is CC1CCCC(c2coc(-c3cc(Cl)ccc3-n3cc(C#N)nn3)cc2=O)c2cc(ccn2)-c2c(cnn2C(C)F)NC1=O. The van der Waals surface area contributed by atoms with Crippen LogP contribution in [0.2, 0.25) is 5.02 Å². The lowest BCUT2D eigenvalue weighted by molar-refractivity contribution is -0.119. The molecule has 3 unspecified atom stereocenters. The Hall–Kier alpha value is -5.15. The number of alkyl halides is 1. The van der Waals surface area contributed by atoms with Crippen LogP contribution in [-0.2, 0) is 4.79 Å². The zero-order valence-corrected chi connectivity index (χ0v) is 24.5. The molecule has 1 aromatic carbocycles. The molecule has 0 radical (unpaired) electrons. The number of hydrogen-bond donors (Lipinski definition) is 1. The second kappa shape index (κ2) is 11.9. The molecule has 5 aromatic rings. The molecule has 0 saturated heterocycles. The highest BCUT2D eigenvalue weighted by Crippen LogP contribution is 2.36. The van der Waals surface area contributed by atoms with Crippen molar-refractivity contribution in [3.8, 4) is 34.3 Å². The zero-order valence-electron chi connectivity index (χ0n) is 23.7. The Labute approximate surface area is 255 Å². The van der Waals surface area contributed by atoms with Crippen molar-refractivity contribution in [2.45, 2.75) is 45.3 Å². The van der Waals surface area contributed by atoms with E-state index in [0.29, 0.717) is 63.7 Å². The Bertz CT molecular complexity index is 1970. The Morgan fingerprint density at radius 2 is 2.05 bits per heavy atom. The van der Waals surface area contributed by atoms with E-state index >= 15 is 0 Å². The Morgan fingerprint density at radius 3 is 2.80 bits per heavy atom. The van der Waals surface area contributed by atoms with E-state index in [1.54, 1.807) is 36.5 Å². The minimum absolute atomic E-state index is 0.128. The number of carbonyl (C=O) groups is 1. The number of nitriles is 1. The van der Waals surface area contributed by atoms with Gasteiger partial charge in [0.2, 0.25) is 5.91 Å².